The fraction of sp³-hybridized carbons (Fsp3) is 0.0667. The lowest BCUT2D eigenvalue weighted by Crippen LogP contribution is -2.15. The number of rotatable bonds is 3. The molecule has 5 heteroatoms. The summed E-state index contributed by atoms with van der Waals surface area (Å²) in [6, 6.07) is 13.3. The quantitative estimate of drug-likeness (QED) is 0.795. The van der Waals surface area contributed by atoms with Crippen LogP contribution in [-0.4, -0.2) is 11.1 Å². The maximum absolute atomic E-state index is 13.4. The second-order valence-electron chi connectivity index (χ2n) is 4.33. The standard InChI is InChI=1S/C15H11FN2O2/c16-11-6-2-3-7-12(11)17-15(19)9-13-10-5-1-4-8-14(10)20-18-13/h1-8H,9H2,(H,17,19). The zero-order chi connectivity index (χ0) is 13.9. The molecule has 0 saturated heterocycles. The minimum absolute atomic E-state index is 0.0331. The third-order valence-electron chi connectivity index (χ3n) is 2.93. The molecule has 0 aliphatic rings. The molecule has 3 rings (SSSR count). The number of benzene rings is 2. The highest BCUT2D eigenvalue weighted by Gasteiger charge is 2.13. The van der Waals surface area contributed by atoms with Crippen LogP contribution >= 0.6 is 0 Å². The van der Waals surface area contributed by atoms with Crippen LogP contribution in [0.4, 0.5) is 10.1 Å². The van der Waals surface area contributed by atoms with Crippen LogP contribution in [0.5, 0.6) is 0 Å². The smallest absolute Gasteiger partial charge is 0.230 e. The van der Waals surface area contributed by atoms with Gasteiger partial charge in [-0.1, -0.05) is 29.4 Å². The number of amides is 1. The number of hydrogen-bond donors (Lipinski definition) is 1. The summed E-state index contributed by atoms with van der Waals surface area (Å²) in [6.45, 7) is 0. The lowest BCUT2D eigenvalue weighted by atomic mass is 10.1. The van der Waals surface area contributed by atoms with Crippen molar-refractivity contribution < 1.29 is 13.7 Å². The van der Waals surface area contributed by atoms with Gasteiger partial charge in [-0.2, -0.15) is 0 Å². The highest BCUT2D eigenvalue weighted by molar-refractivity contribution is 5.94. The number of fused-ring (bicyclic) bond motifs is 1. The van der Waals surface area contributed by atoms with Crippen molar-refractivity contribution in [3.63, 3.8) is 0 Å². The van der Waals surface area contributed by atoms with Gasteiger partial charge in [0, 0.05) is 5.39 Å². The zero-order valence-corrected chi connectivity index (χ0v) is 10.5. The highest BCUT2D eigenvalue weighted by Crippen LogP contribution is 2.19. The second-order valence-corrected chi connectivity index (χ2v) is 4.33. The van der Waals surface area contributed by atoms with Crippen LogP contribution < -0.4 is 5.32 Å². The molecule has 0 radical (unpaired) electrons. The fourth-order valence-electron chi connectivity index (χ4n) is 1.97. The lowest BCUT2D eigenvalue weighted by Gasteiger charge is -2.04. The molecule has 3 aromatic rings. The number of aromatic nitrogens is 1. The molecular weight excluding hydrogens is 259 g/mol. The molecule has 2 aromatic carbocycles. The van der Waals surface area contributed by atoms with E-state index >= 15 is 0 Å². The summed E-state index contributed by atoms with van der Waals surface area (Å²) >= 11 is 0. The molecular formula is C15H11FN2O2. The third-order valence-corrected chi connectivity index (χ3v) is 2.93. The number of nitrogens with one attached hydrogen (secondary N) is 1. The number of carbonyl (C=O) groups excluding carboxylic acids is 1. The van der Waals surface area contributed by atoms with E-state index in [-0.39, 0.29) is 18.0 Å². The van der Waals surface area contributed by atoms with Gasteiger partial charge in [-0.15, -0.1) is 0 Å². The van der Waals surface area contributed by atoms with E-state index in [0.717, 1.165) is 5.39 Å². The summed E-state index contributed by atoms with van der Waals surface area (Å²) in [7, 11) is 0. The van der Waals surface area contributed by atoms with E-state index < -0.39 is 5.82 Å². The monoisotopic (exact) mass is 270 g/mol. The largest absolute Gasteiger partial charge is 0.356 e. The van der Waals surface area contributed by atoms with Gasteiger partial charge in [-0.3, -0.25) is 4.79 Å². The van der Waals surface area contributed by atoms with Gasteiger partial charge >= 0.3 is 0 Å². The van der Waals surface area contributed by atoms with E-state index in [1.807, 2.05) is 18.2 Å². The van der Waals surface area contributed by atoms with E-state index in [0.29, 0.717) is 11.3 Å². The normalized spacial score (nSPS) is 10.7. The van der Waals surface area contributed by atoms with Gasteiger partial charge in [0.1, 0.15) is 11.5 Å². The molecule has 1 aromatic heterocycles. The topological polar surface area (TPSA) is 55.1 Å². The Hall–Kier alpha value is -2.69. The Morgan fingerprint density at radius 2 is 1.90 bits per heavy atom. The van der Waals surface area contributed by atoms with E-state index in [1.54, 1.807) is 18.2 Å². The van der Waals surface area contributed by atoms with Gasteiger partial charge in [0.25, 0.3) is 0 Å². The van der Waals surface area contributed by atoms with Crippen LogP contribution in [0.1, 0.15) is 5.69 Å². The average Bonchev–Trinajstić information content (AvgIpc) is 2.85. The summed E-state index contributed by atoms with van der Waals surface area (Å²) in [4.78, 5) is 11.9. The van der Waals surface area contributed by atoms with Crippen LogP contribution in [0.25, 0.3) is 11.0 Å². The van der Waals surface area contributed by atoms with Crippen LogP contribution in [0.15, 0.2) is 53.1 Å². The first-order valence-electron chi connectivity index (χ1n) is 6.12. The molecule has 0 saturated carbocycles. The minimum Gasteiger partial charge on any atom is -0.356 e. The van der Waals surface area contributed by atoms with Gasteiger partial charge in [-0.25, -0.2) is 4.39 Å². The Kier molecular flexibility index (Phi) is 3.16. The molecule has 0 aliphatic carbocycles. The molecule has 100 valence electrons. The maximum Gasteiger partial charge on any atom is 0.230 e. The SMILES string of the molecule is O=C(Cc1noc2ccccc12)Nc1ccccc1F. The molecule has 20 heavy (non-hydrogen) atoms. The highest BCUT2D eigenvalue weighted by atomic mass is 19.1. The zero-order valence-electron chi connectivity index (χ0n) is 10.5. The number of carbonyl (C=O) groups is 1. The first-order chi connectivity index (χ1) is 9.74. The van der Waals surface area contributed by atoms with Crippen molar-refractivity contribution >= 4 is 22.6 Å². The van der Waals surface area contributed by atoms with Crippen molar-refractivity contribution in [2.45, 2.75) is 6.42 Å². The van der Waals surface area contributed by atoms with Crippen LogP contribution in [0.3, 0.4) is 0 Å². The Balaban J connectivity index is 1.78. The lowest BCUT2D eigenvalue weighted by molar-refractivity contribution is -0.115. The van der Waals surface area contributed by atoms with Crippen molar-refractivity contribution in [1.29, 1.82) is 0 Å². The summed E-state index contributed by atoms with van der Waals surface area (Å²) in [5.41, 5.74) is 1.32. The summed E-state index contributed by atoms with van der Waals surface area (Å²) in [5, 5.41) is 7.18. The first kappa shape index (κ1) is 12.3. The summed E-state index contributed by atoms with van der Waals surface area (Å²) in [5.74, 6) is -0.806. The van der Waals surface area contributed by atoms with E-state index in [2.05, 4.69) is 10.5 Å². The third kappa shape index (κ3) is 2.38. The number of anilines is 1. The molecule has 1 heterocycles. The molecule has 0 atom stereocenters. The number of hydrogen-bond acceptors (Lipinski definition) is 3. The van der Waals surface area contributed by atoms with Crippen molar-refractivity contribution in [2.24, 2.45) is 0 Å². The molecule has 4 nitrogen and oxygen atoms in total. The van der Waals surface area contributed by atoms with E-state index in [1.165, 1.54) is 12.1 Å². The Morgan fingerprint density at radius 1 is 1.15 bits per heavy atom. The van der Waals surface area contributed by atoms with Gasteiger partial charge in [-0.05, 0) is 24.3 Å². The fourth-order valence-corrected chi connectivity index (χ4v) is 1.97. The molecule has 0 fully saturated rings. The Bertz CT molecular complexity index is 767. The van der Waals surface area contributed by atoms with Crippen molar-refractivity contribution in [3.8, 4) is 0 Å². The number of para-hydroxylation sites is 2. The van der Waals surface area contributed by atoms with Crippen LogP contribution in [-0.2, 0) is 11.2 Å². The van der Waals surface area contributed by atoms with Gasteiger partial charge in [0.05, 0.1) is 12.1 Å². The molecule has 1 amide bonds. The predicted octanol–water partition coefficient (Wildman–Crippen LogP) is 3.15. The minimum atomic E-state index is -0.467. The number of halogens is 1. The van der Waals surface area contributed by atoms with E-state index in [9.17, 15) is 9.18 Å². The molecule has 0 unspecified atom stereocenters. The van der Waals surface area contributed by atoms with Gasteiger partial charge in [0.15, 0.2) is 5.58 Å². The number of nitrogens with zero attached hydrogens (tertiary/aromatic N) is 1. The Labute approximate surface area is 114 Å². The first-order valence-corrected chi connectivity index (χ1v) is 6.12. The van der Waals surface area contributed by atoms with E-state index in [4.69, 9.17) is 4.52 Å². The van der Waals surface area contributed by atoms with Crippen LogP contribution in [0.2, 0.25) is 0 Å². The summed E-state index contributed by atoms with van der Waals surface area (Å²) < 4.78 is 18.6. The molecule has 0 aliphatic heterocycles. The summed E-state index contributed by atoms with van der Waals surface area (Å²) in [6.07, 6.45) is 0.0331. The van der Waals surface area contributed by atoms with Crippen molar-refractivity contribution in [2.75, 3.05) is 5.32 Å². The molecule has 0 bridgehead atoms. The van der Waals surface area contributed by atoms with Crippen LogP contribution in [0, 0.1) is 5.82 Å². The Morgan fingerprint density at radius 3 is 2.75 bits per heavy atom. The predicted molar refractivity (Wildman–Crippen MR) is 72.7 cm³/mol. The van der Waals surface area contributed by atoms with Crippen molar-refractivity contribution in [1.82, 2.24) is 5.16 Å². The maximum atomic E-state index is 13.4. The molecule has 1 N–H and O–H groups in total. The molecule has 0 spiro atoms. The van der Waals surface area contributed by atoms with Gasteiger partial charge < -0.3 is 9.84 Å². The van der Waals surface area contributed by atoms with Gasteiger partial charge in [0.2, 0.25) is 5.91 Å². The second kappa shape index (κ2) is 5.13. The average molecular weight is 270 g/mol. The van der Waals surface area contributed by atoms with Crippen molar-refractivity contribution in [3.05, 3.63) is 60.0 Å².